The molecular formula is C17H19NO4S. The van der Waals surface area contributed by atoms with Crippen molar-refractivity contribution in [3.8, 4) is 0 Å². The Balaban J connectivity index is 1.82. The van der Waals surface area contributed by atoms with Crippen LogP contribution in [0.1, 0.15) is 26.3 Å². The second-order valence-electron chi connectivity index (χ2n) is 6.52. The van der Waals surface area contributed by atoms with E-state index in [0.717, 1.165) is 15.6 Å². The average Bonchev–Trinajstić information content (AvgIpc) is 3.03. The van der Waals surface area contributed by atoms with Crippen molar-refractivity contribution in [3.63, 3.8) is 0 Å². The van der Waals surface area contributed by atoms with E-state index in [1.54, 1.807) is 32.1 Å². The number of cyclic esters (lactones) is 1. The van der Waals surface area contributed by atoms with E-state index in [0.29, 0.717) is 6.42 Å². The highest BCUT2D eigenvalue weighted by atomic mass is 32.1. The molecule has 1 aliphatic heterocycles. The van der Waals surface area contributed by atoms with Gasteiger partial charge in [0, 0.05) is 11.1 Å². The van der Waals surface area contributed by atoms with Gasteiger partial charge in [-0.15, -0.1) is 11.3 Å². The average molecular weight is 333 g/mol. The SMILES string of the molecule is CC(C)(C)OC(=O)N1COC(=O)C1Cc1csc2ccccc12. The normalized spacial score (nSPS) is 18.3. The molecule has 0 saturated carbocycles. The third-order valence-corrected chi connectivity index (χ3v) is 4.61. The van der Waals surface area contributed by atoms with Gasteiger partial charge in [0.1, 0.15) is 11.6 Å². The van der Waals surface area contributed by atoms with Crippen LogP contribution >= 0.6 is 11.3 Å². The lowest BCUT2D eigenvalue weighted by atomic mass is 10.0. The molecule has 3 rings (SSSR count). The van der Waals surface area contributed by atoms with Crippen LogP contribution in [0.2, 0.25) is 0 Å². The van der Waals surface area contributed by atoms with Gasteiger partial charge in [-0.05, 0) is 43.2 Å². The highest BCUT2D eigenvalue weighted by molar-refractivity contribution is 7.17. The standard InChI is InChI=1S/C17H19NO4S/c1-17(2,3)22-16(20)18-10-21-15(19)13(18)8-11-9-23-14-7-5-4-6-12(11)14/h4-7,9,13H,8,10H2,1-3H3. The van der Waals surface area contributed by atoms with Crippen molar-refractivity contribution >= 4 is 33.5 Å². The minimum atomic E-state index is -0.636. The van der Waals surface area contributed by atoms with Crippen LogP contribution in [0.15, 0.2) is 29.6 Å². The van der Waals surface area contributed by atoms with E-state index in [9.17, 15) is 9.59 Å². The van der Waals surface area contributed by atoms with Crippen LogP contribution in [-0.2, 0) is 20.7 Å². The van der Waals surface area contributed by atoms with Crippen LogP contribution in [0.25, 0.3) is 10.1 Å². The van der Waals surface area contributed by atoms with Gasteiger partial charge in [0.15, 0.2) is 6.73 Å². The van der Waals surface area contributed by atoms with Crippen molar-refractivity contribution in [1.82, 2.24) is 4.90 Å². The molecule has 2 aromatic rings. The third-order valence-electron chi connectivity index (χ3n) is 3.60. The molecular weight excluding hydrogens is 314 g/mol. The Morgan fingerprint density at radius 1 is 1.39 bits per heavy atom. The highest BCUT2D eigenvalue weighted by Gasteiger charge is 2.40. The van der Waals surface area contributed by atoms with Gasteiger partial charge < -0.3 is 9.47 Å². The molecule has 0 aliphatic carbocycles. The second kappa shape index (κ2) is 5.85. The van der Waals surface area contributed by atoms with E-state index in [2.05, 4.69) is 0 Å². The lowest BCUT2D eigenvalue weighted by Crippen LogP contribution is -2.42. The van der Waals surface area contributed by atoms with Crippen LogP contribution in [0.3, 0.4) is 0 Å². The summed E-state index contributed by atoms with van der Waals surface area (Å²) in [6.07, 6.45) is -0.0878. The van der Waals surface area contributed by atoms with Crippen LogP contribution in [0.5, 0.6) is 0 Å². The molecule has 1 aliphatic rings. The first-order valence-corrected chi connectivity index (χ1v) is 8.34. The molecule has 0 radical (unpaired) electrons. The number of rotatable bonds is 2. The molecule has 1 aromatic carbocycles. The van der Waals surface area contributed by atoms with Crippen molar-refractivity contribution < 1.29 is 19.1 Å². The zero-order chi connectivity index (χ0) is 16.6. The number of benzene rings is 1. The lowest BCUT2D eigenvalue weighted by molar-refractivity contribution is -0.139. The summed E-state index contributed by atoms with van der Waals surface area (Å²) >= 11 is 1.63. The van der Waals surface area contributed by atoms with E-state index < -0.39 is 17.7 Å². The fourth-order valence-corrected chi connectivity index (χ4v) is 3.52. The molecule has 2 heterocycles. The van der Waals surface area contributed by atoms with Gasteiger partial charge in [-0.3, -0.25) is 4.90 Å². The highest BCUT2D eigenvalue weighted by Crippen LogP contribution is 2.29. The molecule has 1 aromatic heterocycles. The molecule has 5 nitrogen and oxygen atoms in total. The maximum atomic E-state index is 12.3. The van der Waals surface area contributed by atoms with Gasteiger partial charge in [0.25, 0.3) is 0 Å². The Labute approximate surface area is 138 Å². The van der Waals surface area contributed by atoms with Gasteiger partial charge in [0.2, 0.25) is 0 Å². The van der Waals surface area contributed by atoms with Crippen molar-refractivity contribution in [3.05, 3.63) is 35.2 Å². The summed E-state index contributed by atoms with van der Waals surface area (Å²) in [6.45, 7) is 5.33. The molecule has 1 saturated heterocycles. The molecule has 0 N–H and O–H groups in total. The van der Waals surface area contributed by atoms with Crippen molar-refractivity contribution in [1.29, 1.82) is 0 Å². The molecule has 23 heavy (non-hydrogen) atoms. The van der Waals surface area contributed by atoms with Crippen molar-refractivity contribution in [2.75, 3.05) is 6.73 Å². The zero-order valence-electron chi connectivity index (χ0n) is 13.4. The van der Waals surface area contributed by atoms with E-state index in [4.69, 9.17) is 9.47 Å². The number of amides is 1. The molecule has 1 unspecified atom stereocenters. The van der Waals surface area contributed by atoms with Gasteiger partial charge >= 0.3 is 12.1 Å². The number of carbonyl (C=O) groups excluding carboxylic acids is 2. The molecule has 0 spiro atoms. The third kappa shape index (κ3) is 3.32. The Bertz CT molecular complexity index is 746. The lowest BCUT2D eigenvalue weighted by Gasteiger charge is -2.25. The fourth-order valence-electron chi connectivity index (χ4n) is 2.54. The summed E-state index contributed by atoms with van der Waals surface area (Å²) in [5.41, 5.74) is 0.436. The first kappa shape index (κ1) is 15.8. The predicted molar refractivity (Wildman–Crippen MR) is 88.3 cm³/mol. The summed E-state index contributed by atoms with van der Waals surface area (Å²) in [5, 5.41) is 3.14. The molecule has 0 bridgehead atoms. The smallest absolute Gasteiger partial charge is 0.413 e. The first-order valence-electron chi connectivity index (χ1n) is 7.46. The molecule has 6 heteroatoms. The largest absolute Gasteiger partial charge is 0.444 e. The molecule has 1 atom stereocenters. The summed E-state index contributed by atoms with van der Waals surface area (Å²) in [6, 6.07) is 7.39. The number of thiophene rings is 1. The number of fused-ring (bicyclic) bond motifs is 1. The summed E-state index contributed by atoms with van der Waals surface area (Å²) in [7, 11) is 0. The maximum Gasteiger partial charge on any atom is 0.413 e. The van der Waals surface area contributed by atoms with Gasteiger partial charge in [-0.2, -0.15) is 0 Å². The number of nitrogens with zero attached hydrogens (tertiary/aromatic N) is 1. The molecule has 1 amide bonds. The molecule has 1 fully saturated rings. The second-order valence-corrected chi connectivity index (χ2v) is 7.43. The first-order chi connectivity index (χ1) is 10.8. The van der Waals surface area contributed by atoms with Gasteiger partial charge in [-0.25, -0.2) is 9.59 Å². The van der Waals surface area contributed by atoms with Crippen molar-refractivity contribution in [2.45, 2.75) is 38.8 Å². The Morgan fingerprint density at radius 3 is 2.87 bits per heavy atom. The van der Waals surface area contributed by atoms with Crippen molar-refractivity contribution in [2.24, 2.45) is 0 Å². The van der Waals surface area contributed by atoms with Gasteiger partial charge in [-0.1, -0.05) is 18.2 Å². The maximum absolute atomic E-state index is 12.3. The van der Waals surface area contributed by atoms with Crippen LogP contribution in [-0.4, -0.2) is 35.3 Å². The minimum absolute atomic E-state index is 0.0551. The van der Waals surface area contributed by atoms with Crippen LogP contribution in [0.4, 0.5) is 4.79 Å². The van der Waals surface area contributed by atoms with E-state index >= 15 is 0 Å². The number of esters is 1. The summed E-state index contributed by atoms with van der Waals surface area (Å²) in [5.74, 6) is -0.383. The fraction of sp³-hybridized carbons (Fsp3) is 0.412. The van der Waals surface area contributed by atoms with Gasteiger partial charge in [0.05, 0.1) is 0 Å². The Kier molecular flexibility index (Phi) is 4.02. The quantitative estimate of drug-likeness (QED) is 0.789. The topological polar surface area (TPSA) is 55.8 Å². The number of carbonyl (C=O) groups is 2. The number of hydrogen-bond donors (Lipinski definition) is 0. The Hall–Kier alpha value is -2.08. The monoisotopic (exact) mass is 333 g/mol. The zero-order valence-corrected chi connectivity index (χ0v) is 14.2. The van der Waals surface area contributed by atoms with E-state index in [1.807, 2.05) is 29.6 Å². The predicted octanol–water partition coefficient (Wildman–Crippen LogP) is 3.56. The number of hydrogen-bond acceptors (Lipinski definition) is 5. The van der Waals surface area contributed by atoms with Crippen LogP contribution < -0.4 is 0 Å². The number of ether oxygens (including phenoxy) is 2. The minimum Gasteiger partial charge on any atom is -0.444 e. The Morgan fingerprint density at radius 2 is 2.13 bits per heavy atom. The van der Waals surface area contributed by atoms with Crippen LogP contribution in [0, 0.1) is 0 Å². The summed E-state index contributed by atoms with van der Waals surface area (Å²) in [4.78, 5) is 25.7. The summed E-state index contributed by atoms with van der Waals surface area (Å²) < 4.78 is 11.6. The molecule has 122 valence electrons. The van der Waals surface area contributed by atoms with E-state index in [-0.39, 0.29) is 12.7 Å². The van der Waals surface area contributed by atoms with E-state index in [1.165, 1.54) is 4.90 Å².